The third-order valence-corrected chi connectivity index (χ3v) is 4.53. The Hall–Kier alpha value is -3.73. The normalized spacial score (nSPS) is 12.4. The zero-order chi connectivity index (χ0) is 23.5. The first-order valence-corrected chi connectivity index (χ1v) is 9.28. The van der Waals surface area contributed by atoms with Crippen LogP contribution in [0.4, 0.5) is 13.2 Å². The zero-order valence-electron chi connectivity index (χ0n) is 16.7. The number of nitrogens with one attached hydrogen (secondary N) is 1. The number of H-pyrrole nitrogens is 1. The zero-order valence-corrected chi connectivity index (χ0v) is 16.7. The predicted octanol–water partition coefficient (Wildman–Crippen LogP) is 3.12. The van der Waals surface area contributed by atoms with Crippen molar-refractivity contribution in [3.63, 3.8) is 0 Å². The Kier molecular flexibility index (Phi) is 6.58. The van der Waals surface area contributed by atoms with Crippen LogP contribution in [0.5, 0.6) is 17.4 Å². The second-order valence-electron chi connectivity index (χ2n) is 6.87. The molecule has 0 fully saturated rings. The van der Waals surface area contributed by atoms with Gasteiger partial charge >= 0.3 is 17.9 Å². The van der Waals surface area contributed by atoms with Crippen LogP contribution in [0.1, 0.15) is 22.5 Å². The summed E-state index contributed by atoms with van der Waals surface area (Å²) in [5, 5.41) is 9.56. The molecule has 3 rings (SSSR count). The molecule has 170 valence electrons. The number of halogens is 3. The maximum atomic E-state index is 13.6. The van der Waals surface area contributed by atoms with Crippen molar-refractivity contribution in [2.45, 2.75) is 25.1 Å². The lowest BCUT2D eigenvalue weighted by atomic mass is 10.1. The molecule has 11 heteroatoms. The number of nitrogens with two attached hydrogens (primary N) is 1. The quantitative estimate of drug-likeness (QED) is 0.470. The van der Waals surface area contributed by atoms with Gasteiger partial charge in [-0.3, -0.25) is 9.78 Å². The van der Waals surface area contributed by atoms with Crippen LogP contribution in [-0.4, -0.2) is 29.2 Å². The minimum absolute atomic E-state index is 0.146. The summed E-state index contributed by atoms with van der Waals surface area (Å²) in [5.74, 6) is -2.50. The van der Waals surface area contributed by atoms with Crippen molar-refractivity contribution in [2.75, 3.05) is 7.11 Å². The highest BCUT2D eigenvalue weighted by molar-refractivity contribution is 5.75. The fourth-order valence-corrected chi connectivity index (χ4v) is 2.96. The van der Waals surface area contributed by atoms with Gasteiger partial charge in [-0.2, -0.15) is 13.2 Å². The molecule has 1 atom stereocenters. The van der Waals surface area contributed by atoms with E-state index in [9.17, 15) is 27.9 Å². The SMILES string of the molecule is COC(=O)C(N)Cc1ccc(Oc2ccc(Cc3oc(=O)[nH]c3O)cc2C(F)(F)F)cc1. The Bertz CT molecular complexity index is 1150. The largest absolute Gasteiger partial charge is 0.492 e. The number of benzene rings is 2. The molecule has 0 spiro atoms. The van der Waals surface area contributed by atoms with Gasteiger partial charge in [-0.1, -0.05) is 18.2 Å². The van der Waals surface area contributed by atoms with Crippen molar-refractivity contribution in [1.29, 1.82) is 0 Å². The van der Waals surface area contributed by atoms with Crippen molar-refractivity contribution in [1.82, 2.24) is 4.98 Å². The second-order valence-corrected chi connectivity index (χ2v) is 6.87. The summed E-state index contributed by atoms with van der Waals surface area (Å²) < 4.78 is 55.5. The Morgan fingerprint density at radius 1 is 1.19 bits per heavy atom. The summed E-state index contributed by atoms with van der Waals surface area (Å²) in [6.45, 7) is 0. The smallest absolute Gasteiger partial charge is 0.419 e. The number of aromatic amines is 1. The lowest BCUT2D eigenvalue weighted by molar-refractivity contribution is -0.142. The Labute approximate surface area is 179 Å². The molecule has 0 aliphatic rings. The van der Waals surface area contributed by atoms with Gasteiger partial charge in [-0.25, -0.2) is 4.79 Å². The fraction of sp³-hybridized carbons (Fsp3) is 0.238. The summed E-state index contributed by atoms with van der Waals surface area (Å²) >= 11 is 0. The first-order valence-electron chi connectivity index (χ1n) is 9.28. The van der Waals surface area contributed by atoms with Gasteiger partial charge in [-0.15, -0.1) is 0 Å². The van der Waals surface area contributed by atoms with Crippen molar-refractivity contribution in [3.05, 3.63) is 75.5 Å². The average Bonchev–Trinajstić information content (AvgIpc) is 3.05. The predicted molar refractivity (Wildman–Crippen MR) is 105 cm³/mol. The third kappa shape index (κ3) is 5.49. The van der Waals surface area contributed by atoms with E-state index >= 15 is 0 Å². The van der Waals surface area contributed by atoms with Crippen molar-refractivity contribution in [3.8, 4) is 17.4 Å². The summed E-state index contributed by atoms with van der Waals surface area (Å²) in [6, 6.07) is 8.57. The van der Waals surface area contributed by atoms with Crippen LogP contribution >= 0.6 is 0 Å². The molecule has 8 nitrogen and oxygen atoms in total. The van der Waals surface area contributed by atoms with Crippen LogP contribution in [0, 0.1) is 0 Å². The van der Waals surface area contributed by atoms with Gasteiger partial charge < -0.3 is 24.7 Å². The number of hydrogen-bond donors (Lipinski definition) is 3. The Balaban J connectivity index is 1.80. The van der Waals surface area contributed by atoms with Gasteiger partial charge in [0, 0.05) is 6.42 Å². The number of hydrogen-bond acceptors (Lipinski definition) is 7. The number of ether oxygens (including phenoxy) is 2. The van der Waals surface area contributed by atoms with Crippen LogP contribution in [0.3, 0.4) is 0 Å². The average molecular weight is 452 g/mol. The maximum Gasteiger partial charge on any atom is 0.419 e. The molecular formula is C21H19F3N2O6. The summed E-state index contributed by atoms with van der Waals surface area (Å²) in [4.78, 5) is 24.5. The molecule has 1 heterocycles. The van der Waals surface area contributed by atoms with Crippen LogP contribution in [0.25, 0.3) is 0 Å². The molecular weight excluding hydrogens is 433 g/mol. The van der Waals surface area contributed by atoms with E-state index in [4.69, 9.17) is 14.9 Å². The topological polar surface area (TPSA) is 128 Å². The van der Waals surface area contributed by atoms with Gasteiger partial charge in [0.2, 0.25) is 5.88 Å². The summed E-state index contributed by atoms with van der Waals surface area (Å²) in [6.07, 6.45) is -4.76. The monoisotopic (exact) mass is 452 g/mol. The van der Waals surface area contributed by atoms with Crippen LogP contribution < -0.4 is 16.2 Å². The number of methoxy groups -OCH3 is 1. The first kappa shape index (κ1) is 22.9. The van der Waals surface area contributed by atoms with E-state index < -0.39 is 41.1 Å². The highest BCUT2D eigenvalue weighted by atomic mass is 19.4. The molecule has 0 saturated heterocycles. The number of carbonyl (C=O) groups excluding carboxylic acids is 1. The lowest BCUT2D eigenvalue weighted by Gasteiger charge is -2.15. The highest BCUT2D eigenvalue weighted by Crippen LogP contribution is 2.39. The Morgan fingerprint density at radius 2 is 1.84 bits per heavy atom. The molecule has 32 heavy (non-hydrogen) atoms. The molecule has 0 amide bonds. The van der Waals surface area contributed by atoms with E-state index in [1.165, 1.54) is 25.3 Å². The number of esters is 1. The lowest BCUT2D eigenvalue weighted by Crippen LogP contribution is -2.33. The van der Waals surface area contributed by atoms with Crippen molar-refractivity contribution in [2.24, 2.45) is 5.73 Å². The van der Waals surface area contributed by atoms with E-state index in [0.29, 0.717) is 5.56 Å². The molecule has 0 bridgehead atoms. The molecule has 4 N–H and O–H groups in total. The maximum absolute atomic E-state index is 13.6. The third-order valence-electron chi connectivity index (χ3n) is 4.53. The molecule has 0 aliphatic heterocycles. The van der Waals surface area contributed by atoms with Crippen LogP contribution in [-0.2, 0) is 28.5 Å². The molecule has 2 aromatic carbocycles. The van der Waals surface area contributed by atoms with E-state index in [0.717, 1.165) is 12.1 Å². The summed E-state index contributed by atoms with van der Waals surface area (Å²) in [7, 11) is 1.22. The number of aromatic nitrogens is 1. The molecule has 0 radical (unpaired) electrons. The number of alkyl halides is 3. The van der Waals surface area contributed by atoms with Crippen molar-refractivity contribution >= 4 is 5.97 Å². The van der Waals surface area contributed by atoms with Crippen LogP contribution in [0.2, 0.25) is 0 Å². The van der Waals surface area contributed by atoms with Crippen molar-refractivity contribution < 1.29 is 37.0 Å². The van der Waals surface area contributed by atoms with Gasteiger partial charge in [0.05, 0.1) is 12.7 Å². The number of aromatic hydroxyl groups is 1. The van der Waals surface area contributed by atoms with E-state index in [-0.39, 0.29) is 29.9 Å². The molecule has 3 aromatic rings. The van der Waals surface area contributed by atoms with Gasteiger partial charge in [-0.05, 0) is 41.8 Å². The van der Waals surface area contributed by atoms with Gasteiger partial charge in [0.15, 0.2) is 5.76 Å². The van der Waals surface area contributed by atoms with Gasteiger partial charge in [0.1, 0.15) is 17.5 Å². The molecule has 0 saturated carbocycles. The molecule has 1 aromatic heterocycles. The number of rotatable bonds is 7. The van der Waals surface area contributed by atoms with E-state index in [1.807, 2.05) is 4.98 Å². The fourth-order valence-electron chi connectivity index (χ4n) is 2.96. The minimum atomic E-state index is -4.72. The minimum Gasteiger partial charge on any atom is -0.492 e. The Morgan fingerprint density at radius 3 is 2.41 bits per heavy atom. The standard InChI is InChI=1S/C21H19F3N2O6/c1-30-19(28)15(25)9-11-2-5-13(6-3-11)31-16-7-4-12(8-14(16)21(22,23)24)10-17-18(27)26-20(29)32-17/h2-8,15,27H,9-10,25H2,1H3,(H,26,29). The second kappa shape index (κ2) is 9.18. The summed E-state index contributed by atoms with van der Waals surface area (Å²) in [5.41, 5.74) is 5.48. The van der Waals surface area contributed by atoms with Gasteiger partial charge in [0.25, 0.3) is 0 Å². The molecule has 1 unspecified atom stereocenters. The number of oxazole rings is 1. The number of carbonyl (C=O) groups is 1. The van der Waals surface area contributed by atoms with E-state index in [2.05, 4.69) is 4.74 Å². The first-order chi connectivity index (χ1) is 15.1. The van der Waals surface area contributed by atoms with E-state index in [1.54, 1.807) is 12.1 Å². The van der Waals surface area contributed by atoms with Crippen LogP contribution in [0.15, 0.2) is 51.7 Å². The molecule has 0 aliphatic carbocycles. The highest BCUT2D eigenvalue weighted by Gasteiger charge is 2.35.